The van der Waals surface area contributed by atoms with Crippen molar-refractivity contribution in [1.82, 2.24) is 0 Å². The zero-order valence-corrected chi connectivity index (χ0v) is 22.9. The van der Waals surface area contributed by atoms with Gasteiger partial charge in [-0.1, -0.05) is 78.4 Å². The molecule has 32 heavy (non-hydrogen) atoms. The molecule has 0 radical (unpaired) electrons. The summed E-state index contributed by atoms with van der Waals surface area (Å²) in [4.78, 5) is 0. The third-order valence-electron chi connectivity index (χ3n) is 3.54. The summed E-state index contributed by atoms with van der Waals surface area (Å²) in [5, 5.41) is 9.11. The average Bonchev–Trinajstić information content (AvgIpc) is 2.58. The number of aliphatic hydroxyl groups is 1. The fraction of sp³-hybridized carbons (Fsp3) is 0.778. The zero-order valence-electron chi connectivity index (χ0n) is 18.3. The number of alkyl halides is 10. The third kappa shape index (κ3) is 10.8. The summed E-state index contributed by atoms with van der Waals surface area (Å²) in [5.41, 5.74) is 1.16. The van der Waals surface area contributed by atoms with Crippen molar-refractivity contribution in [3.05, 3.63) is 23.3 Å². The number of aliphatic hydroxyl groups excluding tert-OH is 1. The lowest BCUT2D eigenvalue weighted by atomic mass is 10.1. The molecule has 0 saturated heterocycles. The summed E-state index contributed by atoms with van der Waals surface area (Å²) in [7, 11) is 2.50. The van der Waals surface area contributed by atoms with Crippen LogP contribution in [0.3, 0.4) is 0 Å². The lowest BCUT2D eigenvalue weighted by molar-refractivity contribution is -0.366. The van der Waals surface area contributed by atoms with Crippen molar-refractivity contribution in [1.29, 1.82) is 0 Å². The second-order valence-corrected chi connectivity index (χ2v) is 11.6. The lowest BCUT2D eigenvalue weighted by Gasteiger charge is -2.36. The van der Waals surface area contributed by atoms with Gasteiger partial charge in [0, 0.05) is 21.1 Å². The number of methoxy groups -OCH3 is 2. The Kier molecular flexibility index (Phi) is 14.0. The SMILES string of the molecule is CC(C)=CC(O)C(Cl)(Br)C(F)(F)F.COC(C)(OC)OC(C=C(C)C)C(Cl)(Br)C(F)(F)F. The van der Waals surface area contributed by atoms with Gasteiger partial charge in [-0.25, -0.2) is 0 Å². The van der Waals surface area contributed by atoms with Gasteiger partial charge in [-0.15, -0.1) is 0 Å². The van der Waals surface area contributed by atoms with E-state index in [9.17, 15) is 26.3 Å². The maximum atomic E-state index is 12.9. The molecule has 1 N–H and O–H groups in total. The summed E-state index contributed by atoms with van der Waals surface area (Å²) in [5.74, 6) is -1.64. The van der Waals surface area contributed by atoms with Crippen molar-refractivity contribution < 1.29 is 45.7 Å². The van der Waals surface area contributed by atoms with Crippen LogP contribution in [0.2, 0.25) is 0 Å². The molecule has 0 heterocycles. The molecule has 0 aliphatic carbocycles. The summed E-state index contributed by atoms with van der Waals surface area (Å²) in [6.07, 6.45) is -10.5. The second-order valence-electron chi connectivity index (χ2n) is 6.98. The topological polar surface area (TPSA) is 47.9 Å². The fourth-order valence-corrected chi connectivity index (χ4v) is 2.20. The molecule has 0 rings (SSSR count). The smallest absolute Gasteiger partial charge is 0.386 e. The minimum atomic E-state index is -4.73. The van der Waals surface area contributed by atoms with Crippen LogP contribution in [0.15, 0.2) is 23.3 Å². The van der Waals surface area contributed by atoms with Crippen LogP contribution >= 0.6 is 55.1 Å². The first-order valence-electron chi connectivity index (χ1n) is 8.63. The standard InChI is InChI=1S/C11H17BrClF3O3.C7H9BrClF3O/c1-7(2)6-8(10(12,13)11(14,15)16)19-9(3,17-4)18-5;1-4(2)3-5(13)6(8,9)7(10,11)12/h6,8H,1-5H3;3,5,13H,1-2H3. The minimum Gasteiger partial charge on any atom is -0.386 e. The summed E-state index contributed by atoms with van der Waals surface area (Å²) in [6.45, 7) is 7.74. The van der Waals surface area contributed by atoms with Crippen molar-refractivity contribution in [2.75, 3.05) is 14.2 Å². The van der Waals surface area contributed by atoms with Gasteiger partial charge in [0.25, 0.3) is 5.97 Å². The molecule has 0 aromatic carbocycles. The molecule has 4 atom stereocenters. The Bertz CT molecular complexity index is 640. The molecule has 14 heteroatoms. The van der Waals surface area contributed by atoms with Crippen LogP contribution in [0.4, 0.5) is 26.3 Å². The highest BCUT2D eigenvalue weighted by molar-refractivity contribution is 9.10. The Morgan fingerprint density at radius 2 is 1.16 bits per heavy atom. The van der Waals surface area contributed by atoms with Gasteiger partial charge in [-0.05, 0) is 27.7 Å². The number of halogens is 10. The quantitative estimate of drug-likeness (QED) is 0.129. The molecule has 192 valence electrons. The predicted molar refractivity (Wildman–Crippen MR) is 119 cm³/mol. The molecule has 0 saturated carbocycles. The van der Waals surface area contributed by atoms with Crippen molar-refractivity contribution >= 4 is 55.1 Å². The van der Waals surface area contributed by atoms with Gasteiger partial charge in [0.2, 0.25) is 7.57 Å². The van der Waals surface area contributed by atoms with Gasteiger partial charge in [-0.3, -0.25) is 0 Å². The number of hydrogen-bond acceptors (Lipinski definition) is 4. The molecular formula is C18H26Br2Cl2F6O4. The molecule has 0 fully saturated rings. The lowest BCUT2D eigenvalue weighted by Crippen LogP contribution is -2.50. The first-order valence-corrected chi connectivity index (χ1v) is 11.0. The molecule has 0 aromatic rings. The van der Waals surface area contributed by atoms with Crippen LogP contribution in [-0.4, -0.2) is 57.4 Å². The van der Waals surface area contributed by atoms with Gasteiger partial charge in [0.15, 0.2) is 0 Å². The molecule has 0 aliphatic heterocycles. The Morgan fingerprint density at radius 1 is 0.812 bits per heavy atom. The number of hydrogen-bond donors (Lipinski definition) is 1. The molecule has 0 amide bonds. The second kappa shape index (κ2) is 12.9. The zero-order chi connectivity index (χ0) is 26.3. The largest absolute Gasteiger partial charge is 0.420 e. The molecule has 4 nitrogen and oxygen atoms in total. The highest BCUT2D eigenvalue weighted by atomic mass is 79.9. The van der Waals surface area contributed by atoms with Crippen LogP contribution < -0.4 is 0 Å². The molecule has 0 aromatic heterocycles. The maximum Gasteiger partial charge on any atom is 0.420 e. The van der Waals surface area contributed by atoms with E-state index < -0.39 is 38.1 Å². The first kappa shape index (κ1) is 34.6. The first-order chi connectivity index (χ1) is 14.0. The summed E-state index contributed by atoms with van der Waals surface area (Å²) < 4.78 is 84.7. The van der Waals surface area contributed by atoms with E-state index in [0.29, 0.717) is 11.1 Å². The van der Waals surface area contributed by atoms with Crippen molar-refractivity contribution in [3.63, 3.8) is 0 Å². The van der Waals surface area contributed by atoms with Gasteiger partial charge in [0.1, 0.15) is 12.2 Å². The van der Waals surface area contributed by atoms with Gasteiger partial charge in [-0.2, -0.15) is 26.3 Å². The maximum absolute atomic E-state index is 12.9. The fourth-order valence-electron chi connectivity index (χ4n) is 1.68. The Hall–Kier alpha value is 0.440. The van der Waals surface area contributed by atoms with E-state index in [1.54, 1.807) is 27.7 Å². The average molecular weight is 651 g/mol. The van der Waals surface area contributed by atoms with Gasteiger partial charge < -0.3 is 19.3 Å². The van der Waals surface area contributed by atoms with Crippen molar-refractivity contribution in [2.45, 2.75) is 72.7 Å². The number of allylic oxidation sites excluding steroid dienone is 2. The molecule has 0 aliphatic rings. The number of rotatable bonds is 8. The summed E-state index contributed by atoms with van der Waals surface area (Å²) in [6, 6.07) is 0. The third-order valence-corrected chi connectivity index (χ3v) is 6.23. The van der Waals surface area contributed by atoms with E-state index >= 15 is 0 Å². The Labute approximate surface area is 210 Å². The van der Waals surface area contributed by atoms with Crippen molar-refractivity contribution in [3.8, 4) is 0 Å². The van der Waals surface area contributed by atoms with E-state index in [4.69, 9.17) is 42.5 Å². The molecule has 0 bridgehead atoms. The van der Waals surface area contributed by atoms with Gasteiger partial charge in [0.05, 0.1) is 0 Å². The van der Waals surface area contributed by atoms with E-state index in [2.05, 4.69) is 31.9 Å². The monoisotopic (exact) mass is 648 g/mol. The van der Waals surface area contributed by atoms with Gasteiger partial charge >= 0.3 is 12.4 Å². The van der Waals surface area contributed by atoms with Crippen LogP contribution in [0.1, 0.15) is 34.6 Å². The van der Waals surface area contributed by atoms with Crippen LogP contribution in [0, 0.1) is 0 Å². The Balaban J connectivity index is 0. The number of ether oxygens (including phenoxy) is 3. The highest BCUT2D eigenvalue weighted by Gasteiger charge is 2.59. The van der Waals surface area contributed by atoms with E-state index in [1.165, 1.54) is 27.2 Å². The predicted octanol–water partition coefficient (Wildman–Crippen LogP) is 7.40. The molecule has 0 spiro atoms. The van der Waals surface area contributed by atoms with E-state index in [0.717, 1.165) is 6.08 Å². The van der Waals surface area contributed by atoms with Crippen molar-refractivity contribution in [2.24, 2.45) is 0 Å². The normalized spacial score (nSPS) is 18.3. The van der Waals surface area contributed by atoms with Crippen LogP contribution in [0.25, 0.3) is 0 Å². The Morgan fingerprint density at radius 3 is 1.41 bits per heavy atom. The molecular weight excluding hydrogens is 625 g/mol. The highest BCUT2D eigenvalue weighted by Crippen LogP contribution is 2.47. The molecule has 4 unspecified atom stereocenters. The van der Waals surface area contributed by atoms with E-state index in [-0.39, 0.29) is 0 Å². The minimum absolute atomic E-state index is 0.557. The summed E-state index contributed by atoms with van der Waals surface area (Å²) >= 11 is 15.4. The van der Waals surface area contributed by atoms with Crippen LogP contribution in [0.5, 0.6) is 0 Å². The van der Waals surface area contributed by atoms with Crippen LogP contribution in [-0.2, 0) is 14.2 Å². The van der Waals surface area contributed by atoms with E-state index in [1.807, 2.05) is 0 Å².